The van der Waals surface area contributed by atoms with E-state index in [-0.39, 0.29) is 6.10 Å². The molecular weight excluding hydrogens is 268 g/mol. The SMILES string of the molecule is CC(C)OC(=O)[C@@H](C)NC(=O)Nc1ccc(C(C)C)cc1. The number of hydrogen-bond acceptors (Lipinski definition) is 3. The van der Waals surface area contributed by atoms with Crippen LogP contribution in [0.5, 0.6) is 0 Å². The summed E-state index contributed by atoms with van der Waals surface area (Å²) in [6.45, 7) is 9.34. The second-order valence-electron chi connectivity index (χ2n) is 5.58. The normalized spacial score (nSPS) is 12.1. The van der Waals surface area contributed by atoms with Gasteiger partial charge in [0.15, 0.2) is 0 Å². The van der Waals surface area contributed by atoms with Crippen molar-refractivity contribution < 1.29 is 14.3 Å². The summed E-state index contributed by atoms with van der Waals surface area (Å²) in [7, 11) is 0. The number of rotatable bonds is 5. The third-order valence-corrected chi connectivity index (χ3v) is 2.89. The van der Waals surface area contributed by atoms with Crippen LogP contribution in [0.15, 0.2) is 24.3 Å². The van der Waals surface area contributed by atoms with Crippen molar-refractivity contribution in [1.29, 1.82) is 0 Å². The summed E-state index contributed by atoms with van der Waals surface area (Å²) in [5.74, 6) is -0.00555. The fourth-order valence-electron chi connectivity index (χ4n) is 1.71. The molecule has 0 spiro atoms. The van der Waals surface area contributed by atoms with Gasteiger partial charge in [-0.1, -0.05) is 26.0 Å². The van der Waals surface area contributed by atoms with Crippen LogP contribution < -0.4 is 10.6 Å². The molecular formula is C16H24N2O3. The molecule has 0 saturated carbocycles. The Morgan fingerprint density at radius 3 is 2.05 bits per heavy atom. The van der Waals surface area contributed by atoms with Crippen molar-refractivity contribution in [2.45, 2.75) is 52.7 Å². The summed E-state index contributed by atoms with van der Waals surface area (Å²) in [5, 5.41) is 5.24. The van der Waals surface area contributed by atoms with Crippen LogP contribution in [0.1, 0.15) is 46.1 Å². The molecule has 1 atom stereocenters. The molecule has 1 aromatic carbocycles. The van der Waals surface area contributed by atoms with Crippen LogP contribution >= 0.6 is 0 Å². The lowest BCUT2D eigenvalue weighted by atomic mass is 10.0. The Kier molecular flexibility index (Phi) is 6.21. The van der Waals surface area contributed by atoms with E-state index in [0.29, 0.717) is 11.6 Å². The molecule has 0 aliphatic rings. The standard InChI is InChI=1S/C16H24N2O3/c1-10(2)13-6-8-14(9-7-13)18-16(20)17-12(5)15(19)21-11(3)4/h6-12H,1-5H3,(H2,17,18,20)/t12-/m1/s1. The highest BCUT2D eigenvalue weighted by atomic mass is 16.5. The second-order valence-corrected chi connectivity index (χ2v) is 5.58. The predicted molar refractivity (Wildman–Crippen MR) is 83.4 cm³/mol. The van der Waals surface area contributed by atoms with Gasteiger partial charge in [-0.25, -0.2) is 9.59 Å². The van der Waals surface area contributed by atoms with E-state index in [1.807, 2.05) is 24.3 Å². The van der Waals surface area contributed by atoms with Crippen LogP contribution in [-0.2, 0) is 9.53 Å². The van der Waals surface area contributed by atoms with Crippen molar-refractivity contribution in [1.82, 2.24) is 5.32 Å². The van der Waals surface area contributed by atoms with E-state index in [4.69, 9.17) is 4.74 Å². The zero-order valence-corrected chi connectivity index (χ0v) is 13.3. The third-order valence-electron chi connectivity index (χ3n) is 2.89. The zero-order valence-electron chi connectivity index (χ0n) is 13.3. The Bertz CT molecular complexity index is 481. The first-order valence-corrected chi connectivity index (χ1v) is 7.17. The lowest BCUT2D eigenvalue weighted by Gasteiger charge is -2.16. The van der Waals surface area contributed by atoms with Gasteiger partial charge in [0.2, 0.25) is 0 Å². The molecule has 0 fully saturated rings. The molecule has 0 bridgehead atoms. The van der Waals surface area contributed by atoms with Crippen molar-refractivity contribution in [3.63, 3.8) is 0 Å². The number of anilines is 1. The molecule has 5 nitrogen and oxygen atoms in total. The van der Waals surface area contributed by atoms with Gasteiger partial charge in [-0.05, 0) is 44.4 Å². The average Bonchev–Trinajstić information content (AvgIpc) is 2.38. The van der Waals surface area contributed by atoms with Gasteiger partial charge in [0.25, 0.3) is 0 Å². The minimum absolute atomic E-state index is 0.201. The molecule has 0 aliphatic carbocycles. The highest BCUT2D eigenvalue weighted by Crippen LogP contribution is 2.16. The molecule has 1 rings (SSSR count). The van der Waals surface area contributed by atoms with Gasteiger partial charge < -0.3 is 15.4 Å². The number of carbonyl (C=O) groups excluding carboxylic acids is 2. The van der Waals surface area contributed by atoms with Gasteiger partial charge in [-0.2, -0.15) is 0 Å². The fourth-order valence-corrected chi connectivity index (χ4v) is 1.71. The van der Waals surface area contributed by atoms with E-state index in [0.717, 1.165) is 0 Å². The maximum atomic E-state index is 11.8. The van der Waals surface area contributed by atoms with E-state index in [2.05, 4.69) is 24.5 Å². The van der Waals surface area contributed by atoms with E-state index in [1.165, 1.54) is 5.56 Å². The van der Waals surface area contributed by atoms with Gasteiger partial charge >= 0.3 is 12.0 Å². The Labute approximate surface area is 126 Å². The van der Waals surface area contributed by atoms with Gasteiger partial charge in [0, 0.05) is 5.69 Å². The van der Waals surface area contributed by atoms with Gasteiger partial charge in [0.05, 0.1) is 6.10 Å². The van der Waals surface area contributed by atoms with Gasteiger partial charge in [-0.15, -0.1) is 0 Å². The molecule has 1 aromatic rings. The van der Waals surface area contributed by atoms with E-state index < -0.39 is 18.0 Å². The molecule has 0 saturated heterocycles. The molecule has 0 aromatic heterocycles. The highest BCUT2D eigenvalue weighted by molar-refractivity contribution is 5.92. The average molecular weight is 292 g/mol. The first kappa shape index (κ1) is 17.0. The Morgan fingerprint density at radius 2 is 1.57 bits per heavy atom. The Morgan fingerprint density at radius 1 is 1.00 bits per heavy atom. The smallest absolute Gasteiger partial charge is 0.328 e. The van der Waals surface area contributed by atoms with Crippen molar-refractivity contribution in [2.75, 3.05) is 5.32 Å². The molecule has 5 heteroatoms. The number of amides is 2. The lowest BCUT2D eigenvalue weighted by molar-refractivity contribution is -0.149. The third kappa shape index (κ3) is 5.85. The lowest BCUT2D eigenvalue weighted by Crippen LogP contribution is -2.42. The quantitative estimate of drug-likeness (QED) is 0.818. The number of esters is 1. The largest absolute Gasteiger partial charge is 0.461 e. The maximum absolute atomic E-state index is 11.8. The van der Waals surface area contributed by atoms with Crippen LogP contribution in [0.25, 0.3) is 0 Å². The van der Waals surface area contributed by atoms with Crippen LogP contribution in [0.4, 0.5) is 10.5 Å². The fraction of sp³-hybridized carbons (Fsp3) is 0.500. The molecule has 116 valence electrons. The first-order valence-electron chi connectivity index (χ1n) is 7.17. The van der Waals surface area contributed by atoms with Crippen LogP contribution in [-0.4, -0.2) is 24.1 Å². The minimum atomic E-state index is -0.692. The van der Waals surface area contributed by atoms with Crippen LogP contribution in [0.2, 0.25) is 0 Å². The number of ether oxygens (including phenoxy) is 1. The topological polar surface area (TPSA) is 67.4 Å². The van der Waals surface area contributed by atoms with Gasteiger partial charge in [0.1, 0.15) is 6.04 Å². The molecule has 0 unspecified atom stereocenters. The second kappa shape index (κ2) is 7.67. The summed E-state index contributed by atoms with van der Waals surface area (Å²) in [6, 6.07) is 6.49. The summed E-state index contributed by atoms with van der Waals surface area (Å²) in [6.07, 6.45) is -0.201. The molecule has 2 amide bonds. The summed E-state index contributed by atoms with van der Waals surface area (Å²) in [4.78, 5) is 23.4. The van der Waals surface area contributed by atoms with Crippen LogP contribution in [0, 0.1) is 0 Å². The highest BCUT2D eigenvalue weighted by Gasteiger charge is 2.18. The Balaban J connectivity index is 2.51. The summed E-state index contributed by atoms with van der Waals surface area (Å²) in [5.41, 5.74) is 1.89. The van der Waals surface area contributed by atoms with E-state index in [9.17, 15) is 9.59 Å². The van der Waals surface area contributed by atoms with Gasteiger partial charge in [-0.3, -0.25) is 0 Å². The Hall–Kier alpha value is -2.04. The molecule has 0 aliphatic heterocycles. The molecule has 2 N–H and O–H groups in total. The molecule has 21 heavy (non-hydrogen) atoms. The van der Waals surface area contributed by atoms with Crippen LogP contribution in [0.3, 0.4) is 0 Å². The summed E-state index contributed by atoms with van der Waals surface area (Å²) >= 11 is 0. The zero-order chi connectivity index (χ0) is 16.0. The first-order chi connectivity index (χ1) is 9.79. The number of hydrogen-bond donors (Lipinski definition) is 2. The molecule has 0 radical (unpaired) electrons. The van der Waals surface area contributed by atoms with Crippen molar-refractivity contribution in [2.24, 2.45) is 0 Å². The summed E-state index contributed by atoms with van der Waals surface area (Å²) < 4.78 is 5.02. The van der Waals surface area contributed by atoms with Crippen molar-refractivity contribution >= 4 is 17.7 Å². The monoisotopic (exact) mass is 292 g/mol. The maximum Gasteiger partial charge on any atom is 0.328 e. The van der Waals surface area contributed by atoms with E-state index in [1.54, 1.807) is 20.8 Å². The minimum Gasteiger partial charge on any atom is -0.461 e. The van der Waals surface area contributed by atoms with Crippen molar-refractivity contribution in [3.8, 4) is 0 Å². The predicted octanol–water partition coefficient (Wildman–Crippen LogP) is 3.27. The number of urea groups is 1. The number of carbonyl (C=O) groups is 2. The number of benzene rings is 1. The van der Waals surface area contributed by atoms with Crippen molar-refractivity contribution in [3.05, 3.63) is 29.8 Å². The van der Waals surface area contributed by atoms with E-state index >= 15 is 0 Å². The molecule has 0 heterocycles. The number of nitrogens with one attached hydrogen (secondary N) is 2.